The molecule has 0 aliphatic carbocycles. The number of nitro benzene ring substituents is 2. The SMILES string of the molecule is CCCCCCOc1ccc(/C(N)=C/c2ccc(OCCCCCCOC(=O)c3cc([N+](=O)[O-])cc([N+](=O)[O-])c3)cc2)cc1. The number of carbonyl (C=O) groups is 1. The molecule has 0 heterocycles. The lowest BCUT2D eigenvalue weighted by atomic mass is 10.1. The highest BCUT2D eigenvalue weighted by Gasteiger charge is 2.20. The predicted octanol–water partition coefficient (Wildman–Crippen LogP) is 7.72. The highest BCUT2D eigenvalue weighted by Crippen LogP contribution is 2.24. The van der Waals surface area contributed by atoms with Gasteiger partial charge in [-0.1, -0.05) is 38.3 Å². The Morgan fingerprint density at radius 2 is 1.20 bits per heavy atom. The fourth-order valence-corrected chi connectivity index (χ4v) is 4.31. The Morgan fingerprint density at radius 1 is 0.705 bits per heavy atom. The first-order chi connectivity index (χ1) is 21.3. The van der Waals surface area contributed by atoms with Crippen LogP contribution in [0.25, 0.3) is 11.8 Å². The number of carbonyl (C=O) groups excluding carboxylic acids is 1. The van der Waals surface area contributed by atoms with Crippen LogP contribution < -0.4 is 15.2 Å². The van der Waals surface area contributed by atoms with Gasteiger partial charge in [0.15, 0.2) is 0 Å². The zero-order chi connectivity index (χ0) is 31.7. The lowest BCUT2D eigenvalue weighted by Gasteiger charge is -2.08. The maximum atomic E-state index is 12.2. The summed E-state index contributed by atoms with van der Waals surface area (Å²) in [6.45, 7) is 3.54. The van der Waals surface area contributed by atoms with Crippen molar-refractivity contribution in [3.8, 4) is 11.5 Å². The van der Waals surface area contributed by atoms with E-state index >= 15 is 0 Å². The second-order valence-corrected chi connectivity index (χ2v) is 10.3. The van der Waals surface area contributed by atoms with Crippen LogP contribution >= 0.6 is 0 Å². The predicted molar refractivity (Wildman–Crippen MR) is 169 cm³/mol. The van der Waals surface area contributed by atoms with Gasteiger partial charge in [0.2, 0.25) is 0 Å². The number of benzene rings is 3. The molecule has 0 atom stereocenters. The maximum Gasteiger partial charge on any atom is 0.338 e. The largest absolute Gasteiger partial charge is 0.494 e. The van der Waals surface area contributed by atoms with E-state index in [-0.39, 0.29) is 12.2 Å². The second kappa shape index (κ2) is 17.9. The highest BCUT2D eigenvalue weighted by atomic mass is 16.6. The monoisotopic (exact) mass is 605 g/mol. The molecule has 234 valence electrons. The van der Waals surface area contributed by atoms with Gasteiger partial charge in [0.1, 0.15) is 11.5 Å². The summed E-state index contributed by atoms with van der Waals surface area (Å²) in [5.74, 6) is 0.758. The average Bonchev–Trinajstić information content (AvgIpc) is 3.02. The number of non-ortho nitro benzene ring substituents is 2. The molecule has 11 heteroatoms. The van der Waals surface area contributed by atoms with Crippen molar-refractivity contribution in [3.63, 3.8) is 0 Å². The number of nitro groups is 2. The van der Waals surface area contributed by atoms with Crippen molar-refractivity contribution in [2.45, 2.75) is 58.3 Å². The quantitative estimate of drug-likeness (QED) is 0.0475. The van der Waals surface area contributed by atoms with Crippen molar-refractivity contribution in [1.29, 1.82) is 0 Å². The van der Waals surface area contributed by atoms with Crippen molar-refractivity contribution in [3.05, 3.63) is 104 Å². The molecule has 0 aromatic heterocycles. The molecular weight excluding hydrogens is 566 g/mol. The first-order valence-electron chi connectivity index (χ1n) is 14.8. The van der Waals surface area contributed by atoms with Crippen LogP contribution in [0.3, 0.4) is 0 Å². The molecule has 0 spiro atoms. The molecule has 0 amide bonds. The highest BCUT2D eigenvalue weighted by molar-refractivity contribution is 5.91. The van der Waals surface area contributed by atoms with Gasteiger partial charge >= 0.3 is 5.97 Å². The number of rotatable bonds is 19. The maximum absolute atomic E-state index is 12.2. The van der Waals surface area contributed by atoms with Gasteiger partial charge in [0, 0.05) is 17.8 Å². The molecule has 0 radical (unpaired) electrons. The topological polar surface area (TPSA) is 157 Å². The summed E-state index contributed by atoms with van der Waals surface area (Å²) in [6.07, 6.45) is 9.61. The summed E-state index contributed by atoms with van der Waals surface area (Å²) in [6, 6.07) is 18.2. The number of hydrogen-bond acceptors (Lipinski definition) is 9. The Morgan fingerprint density at radius 3 is 1.73 bits per heavy atom. The van der Waals surface area contributed by atoms with Crippen molar-refractivity contribution < 1.29 is 28.9 Å². The summed E-state index contributed by atoms with van der Waals surface area (Å²) in [5, 5.41) is 22.0. The average molecular weight is 606 g/mol. The lowest BCUT2D eigenvalue weighted by molar-refractivity contribution is -0.394. The fraction of sp³-hybridized carbons (Fsp3) is 0.364. The number of nitrogens with two attached hydrogens (primary N) is 1. The van der Waals surface area contributed by atoms with Gasteiger partial charge < -0.3 is 19.9 Å². The van der Waals surface area contributed by atoms with Gasteiger partial charge in [-0.05, 0) is 85.7 Å². The molecule has 2 N–H and O–H groups in total. The van der Waals surface area contributed by atoms with E-state index in [1.807, 2.05) is 54.6 Å². The third kappa shape index (κ3) is 11.4. The van der Waals surface area contributed by atoms with Gasteiger partial charge in [0.05, 0.1) is 41.3 Å². The van der Waals surface area contributed by atoms with E-state index in [0.717, 1.165) is 73.1 Å². The van der Waals surface area contributed by atoms with Crippen LogP contribution in [0, 0.1) is 20.2 Å². The molecule has 0 aliphatic rings. The molecular formula is C33H39N3O8. The Hall–Kier alpha value is -4.93. The van der Waals surface area contributed by atoms with E-state index in [1.165, 1.54) is 19.3 Å². The number of nitrogens with zero attached hydrogens (tertiary/aromatic N) is 2. The van der Waals surface area contributed by atoms with E-state index in [2.05, 4.69) is 6.92 Å². The molecule has 0 saturated carbocycles. The van der Waals surface area contributed by atoms with Gasteiger partial charge in [-0.15, -0.1) is 0 Å². The Balaban J connectivity index is 1.32. The first-order valence-corrected chi connectivity index (χ1v) is 14.8. The van der Waals surface area contributed by atoms with E-state index in [0.29, 0.717) is 18.7 Å². The van der Waals surface area contributed by atoms with Crippen molar-refractivity contribution in [1.82, 2.24) is 0 Å². The molecule has 0 unspecified atom stereocenters. The summed E-state index contributed by atoms with van der Waals surface area (Å²) in [4.78, 5) is 32.6. The minimum absolute atomic E-state index is 0.103. The molecule has 0 bridgehead atoms. The van der Waals surface area contributed by atoms with Crippen LogP contribution in [0.4, 0.5) is 11.4 Å². The minimum Gasteiger partial charge on any atom is -0.494 e. The zero-order valence-electron chi connectivity index (χ0n) is 24.9. The molecule has 3 aromatic carbocycles. The molecule has 0 fully saturated rings. The van der Waals surface area contributed by atoms with Crippen molar-refractivity contribution >= 4 is 29.1 Å². The van der Waals surface area contributed by atoms with Crippen LogP contribution in [-0.4, -0.2) is 35.6 Å². The third-order valence-electron chi connectivity index (χ3n) is 6.76. The van der Waals surface area contributed by atoms with Crippen LogP contribution in [0.5, 0.6) is 11.5 Å². The molecule has 0 aliphatic heterocycles. The number of esters is 1. The van der Waals surface area contributed by atoms with Gasteiger partial charge in [-0.3, -0.25) is 20.2 Å². The summed E-state index contributed by atoms with van der Waals surface area (Å²) in [5.41, 5.74) is 7.54. The minimum atomic E-state index is -0.837. The standard InChI is InChI=1S/C33H39N3O8/c1-2-3-4-7-18-43-31-16-12-26(13-17-31)32(34)21-25-10-14-30(15-11-25)42-19-8-5-6-9-20-44-33(37)27-22-28(35(38)39)24-29(23-27)36(40)41/h10-17,21-24H,2-9,18-20,34H2,1H3/b32-21-. The van der Waals surface area contributed by atoms with Crippen molar-refractivity contribution in [2.75, 3.05) is 19.8 Å². The molecule has 11 nitrogen and oxygen atoms in total. The van der Waals surface area contributed by atoms with Crippen molar-refractivity contribution in [2.24, 2.45) is 5.73 Å². The number of hydrogen-bond donors (Lipinski definition) is 1. The Bertz CT molecular complexity index is 1370. The van der Waals surface area contributed by atoms with Gasteiger partial charge in [0.25, 0.3) is 11.4 Å². The van der Waals surface area contributed by atoms with E-state index in [1.54, 1.807) is 0 Å². The summed E-state index contributed by atoms with van der Waals surface area (Å²) < 4.78 is 16.8. The molecule has 44 heavy (non-hydrogen) atoms. The van der Waals surface area contributed by atoms with E-state index in [9.17, 15) is 25.0 Å². The molecule has 0 saturated heterocycles. The third-order valence-corrected chi connectivity index (χ3v) is 6.76. The fourth-order valence-electron chi connectivity index (χ4n) is 4.31. The van der Waals surface area contributed by atoms with Crippen LogP contribution in [0.2, 0.25) is 0 Å². The Labute approximate surface area is 256 Å². The van der Waals surface area contributed by atoms with Gasteiger partial charge in [-0.25, -0.2) is 4.79 Å². The number of unbranched alkanes of at least 4 members (excludes halogenated alkanes) is 6. The van der Waals surface area contributed by atoms with Crippen LogP contribution in [0.1, 0.15) is 79.8 Å². The Kier molecular flexibility index (Phi) is 13.7. The normalized spacial score (nSPS) is 11.2. The molecule has 3 aromatic rings. The van der Waals surface area contributed by atoms with Crippen LogP contribution in [-0.2, 0) is 4.74 Å². The lowest BCUT2D eigenvalue weighted by Crippen LogP contribution is -2.08. The smallest absolute Gasteiger partial charge is 0.338 e. The number of ether oxygens (including phenoxy) is 3. The van der Waals surface area contributed by atoms with Gasteiger partial charge in [-0.2, -0.15) is 0 Å². The molecule has 3 rings (SSSR count). The summed E-state index contributed by atoms with van der Waals surface area (Å²) in [7, 11) is 0. The summed E-state index contributed by atoms with van der Waals surface area (Å²) >= 11 is 0. The second-order valence-electron chi connectivity index (χ2n) is 10.3. The van der Waals surface area contributed by atoms with E-state index in [4.69, 9.17) is 19.9 Å². The van der Waals surface area contributed by atoms with Crippen LogP contribution in [0.15, 0.2) is 66.7 Å². The first kappa shape index (κ1) is 33.6. The van der Waals surface area contributed by atoms with E-state index < -0.39 is 27.2 Å². The zero-order valence-corrected chi connectivity index (χ0v) is 24.9.